The number of hydrogen-bond acceptors (Lipinski definition) is 6. The van der Waals surface area contributed by atoms with Crippen molar-refractivity contribution < 1.29 is 14.3 Å². The third-order valence-electron chi connectivity index (χ3n) is 7.64. The van der Waals surface area contributed by atoms with Gasteiger partial charge in [-0.25, -0.2) is 0 Å². The lowest BCUT2D eigenvalue weighted by molar-refractivity contribution is -0.124. The van der Waals surface area contributed by atoms with E-state index in [9.17, 15) is 9.59 Å². The third-order valence-corrected chi connectivity index (χ3v) is 9.38. The first-order valence-electron chi connectivity index (χ1n) is 14.2. The predicted octanol–water partition coefficient (Wildman–Crippen LogP) is 5.28. The number of carbonyl (C=O) groups is 2. The van der Waals surface area contributed by atoms with E-state index in [1.165, 1.54) is 16.9 Å². The molecule has 7 nitrogen and oxygen atoms in total. The molecule has 2 N–H and O–H groups in total. The van der Waals surface area contributed by atoms with Crippen LogP contribution in [0.4, 0.5) is 0 Å². The summed E-state index contributed by atoms with van der Waals surface area (Å²) in [4.78, 5) is 31.7. The number of ether oxygens (including phenoxy) is 1. The number of hydrogen-bond donors (Lipinski definition) is 2. The Morgan fingerprint density at radius 2 is 1.93 bits per heavy atom. The Morgan fingerprint density at radius 1 is 1.10 bits per heavy atom. The summed E-state index contributed by atoms with van der Waals surface area (Å²) in [6.07, 6.45) is 2.78. The monoisotopic (exact) mass is 626 g/mol. The largest absolute Gasteiger partial charge is 0.488 e. The SMILES string of the molecule is CC(C)C[C@H](NC(=O)c1cc2ccccc2s1)C(=O)N[C@H]1CCN(Cc2ccc(OC3CCN(C)C3)c(Br)c2)C1. The molecule has 3 atom stereocenters. The van der Waals surface area contributed by atoms with Gasteiger partial charge in [0, 0.05) is 43.5 Å². The zero-order chi connectivity index (χ0) is 28.2. The first-order valence-corrected chi connectivity index (χ1v) is 15.8. The molecule has 2 aromatic carbocycles. The number of nitrogens with one attached hydrogen (secondary N) is 2. The summed E-state index contributed by atoms with van der Waals surface area (Å²) in [5.74, 6) is 0.882. The minimum atomic E-state index is -0.560. The van der Waals surface area contributed by atoms with E-state index >= 15 is 0 Å². The number of carbonyl (C=O) groups excluding carboxylic acids is 2. The zero-order valence-corrected chi connectivity index (χ0v) is 25.9. The van der Waals surface area contributed by atoms with Crippen molar-refractivity contribution in [1.29, 1.82) is 0 Å². The Kier molecular flexibility index (Phi) is 9.45. The smallest absolute Gasteiger partial charge is 0.262 e. The van der Waals surface area contributed by atoms with Crippen LogP contribution >= 0.6 is 27.3 Å². The molecule has 0 saturated carbocycles. The van der Waals surface area contributed by atoms with E-state index < -0.39 is 6.04 Å². The van der Waals surface area contributed by atoms with E-state index in [-0.39, 0.29) is 29.9 Å². The van der Waals surface area contributed by atoms with Crippen LogP contribution < -0.4 is 15.4 Å². The molecule has 2 amide bonds. The number of benzene rings is 2. The molecule has 0 spiro atoms. The van der Waals surface area contributed by atoms with Crippen molar-refractivity contribution in [3.8, 4) is 5.75 Å². The van der Waals surface area contributed by atoms with Gasteiger partial charge in [-0.15, -0.1) is 11.3 Å². The number of likely N-dealkylation sites (tertiary alicyclic amines) is 2. The summed E-state index contributed by atoms with van der Waals surface area (Å²) in [7, 11) is 2.13. The van der Waals surface area contributed by atoms with Crippen molar-refractivity contribution in [1.82, 2.24) is 20.4 Å². The van der Waals surface area contributed by atoms with Gasteiger partial charge >= 0.3 is 0 Å². The number of halogens is 1. The third kappa shape index (κ3) is 7.43. The van der Waals surface area contributed by atoms with Gasteiger partial charge in [0.2, 0.25) is 5.91 Å². The van der Waals surface area contributed by atoms with Crippen LogP contribution in [-0.2, 0) is 11.3 Å². The second-order valence-corrected chi connectivity index (χ2v) is 13.5. The highest BCUT2D eigenvalue weighted by atomic mass is 79.9. The Hall–Kier alpha value is -2.46. The maximum Gasteiger partial charge on any atom is 0.262 e. The second-order valence-electron chi connectivity index (χ2n) is 11.6. The van der Waals surface area contributed by atoms with Crippen LogP contribution in [0.25, 0.3) is 10.1 Å². The van der Waals surface area contributed by atoms with E-state index in [4.69, 9.17) is 4.74 Å². The van der Waals surface area contributed by atoms with Crippen LogP contribution in [0.15, 0.2) is 53.0 Å². The maximum absolute atomic E-state index is 13.3. The average molecular weight is 628 g/mol. The minimum absolute atomic E-state index is 0.0637. The molecule has 3 aromatic rings. The van der Waals surface area contributed by atoms with Gasteiger partial charge in [0.1, 0.15) is 17.9 Å². The number of thiophene rings is 1. The quantitative estimate of drug-likeness (QED) is 0.320. The van der Waals surface area contributed by atoms with Crippen LogP contribution in [-0.4, -0.2) is 73.0 Å². The summed E-state index contributed by atoms with van der Waals surface area (Å²) in [6.45, 7) is 8.70. The van der Waals surface area contributed by atoms with Crippen LogP contribution in [0.3, 0.4) is 0 Å². The van der Waals surface area contributed by atoms with E-state index in [0.717, 1.165) is 65.9 Å². The van der Waals surface area contributed by atoms with Crippen molar-refractivity contribution in [2.24, 2.45) is 5.92 Å². The number of amides is 2. The van der Waals surface area contributed by atoms with Crippen molar-refractivity contribution in [3.05, 3.63) is 63.4 Å². The van der Waals surface area contributed by atoms with E-state index in [1.54, 1.807) is 0 Å². The Bertz CT molecular complexity index is 1310. The maximum atomic E-state index is 13.3. The van der Waals surface area contributed by atoms with E-state index in [1.807, 2.05) is 30.3 Å². The van der Waals surface area contributed by atoms with E-state index in [2.05, 4.69) is 75.5 Å². The lowest BCUT2D eigenvalue weighted by Gasteiger charge is -2.23. The summed E-state index contributed by atoms with van der Waals surface area (Å²) >= 11 is 5.16. The second kappa shape index (κ2) is 13.0. The highest BCUT2D eigenvalue weighted by molar-refractivity contribution is 9.10. The highest BCUT2D eigenvalue weighted by Gasteiger charge is 2.29. The number of rotatable bonds is 10. The van der Waals surface area contributed by atoms with Crippen LogP contribution in [0.2, 0.25) is 0 Å². The fourth-order valence-corrected chi connectivity index (χ4v) is 7.07. The normalized spacial score (nSPS) is 20.7. The molecule has 1 aromatic heterocycles. The molecule has 0 bridgehead atoms. The predicted molar refractivity (Wildman–Crippen MR) is 165 cm³/mol. The van der Waals surface area contributed by atoms with Gasteiger partial charge in [0.05, 0.1) is 9.35 Å². The van der Waals surface area contributed by atoms with Gasteiger partial charge in [-0.3, -0.25) is 14.5 Å². The summed E-state index contributed by atoms with van der Waals surface area (Å²) in [5.41, 5.74) is 1.21. The van der Waals surface area contributed by atoms with Gasteiger partial charge in [-0.1, -0.05) is 38.1 Å². The minimum Gasteiger partial charge on any atom is -0.488 e. The van der Waals surface area contributed by atoms with Gasteiger partial charge in [-0.05, 0) is 83.4 Å². The average Bonchev–Trinajstić information content (AvgIpc) is 3.65. The summed E-state index contributed by atoms with van der Waals surface area (Å²) in [6, 6.07) is 15.7. The molecule has 5 rings (SSSR count). The van der Waals surface area contributed by atoms with Gasteiger partial charge in [0.25, 0.3) is 5.91 Å². The molecule has 0 radical (unpaired) electrons. The molecule has 2 aliphatic heterocycles. The first-order chi connectivity index (χ1) is 19.2. The molecule has 2 aliphatic rings. The summed E-state index contributed by atoms with van der Waals surface area (Å²) < 4.78 is 8.25. The molecule has 2 saturated heterocycles. The molecule has 9 heteroatoms. The van der Waals surface area contributed by atoms with Gasteiger partial charge in [-0.2, -0.15) is 0 Å². The van der Waals surface area contributed by atoms with Crippen LogP contribution in [0.5, 0.6) is 5.75 Å². The van der Waals surface area contributed by atoms with Crippen molar-refractivity contribution >= 4 is 49.2 Å². The Balaban J connectivity index is 1.14. The molecule has 0 aliphatic carbocycles. The molecule has 40 heavy (non-hydrogen) atoms. The number of likely N-dealkylation sites (N-methyl/N-ethyl adjacent to an activating group) is 1. The topological polar surface area (TPSA) is 73.9 Å². The van der Waals surface area contributed by atoms with Gasteiger partial charge < -0.3 is 20.3 Å². The first kappa shape index (κ1) is 29.0. The lowest BCUT2D eigenvalue weighted by atomic mass is 10.0. The highest BCUT2D eigenvalue weighted by Crippen LogP contribution is 2.29. The summed E-state index contributed by atoms with van der Waals surface area (Å²) in [5, 5.41) is 7.28. The molecule has 1 unspecified atom stereocenters. The number of fused-ring (bicyclic) bond motifs is 1. The van der Waals surface area contributed by atoms with Crippen molar-refractivity contribution in [2.45, 2.75) is 57.8 Å². The van der Waals surface area contributed by atoms with Crippen molar-refractivity contribution in [2.75, 3.05) is 33.2 Å². The standard InChI is InChI=1S/C31H39BrN4O3S/c1-20(2)14-26(34-31(38)29-16-22-6-4-5-7-28(22)40-29)30(37)33-23-10-13-36(18-23)17-21-8-9-27(25(32)15-21)39-24-11-12-35(3)19-24/h4-9,15-16,20,23-24,26H,10-14,17-19H2,1-3H3,(H,33,37)(H,34,38)/t23-,24?,26-/m0/s1. The Morgan fingerprint density at radius 3 is 2.65 bits per heavy atom. The molecule has 3 heterocycles. The fraction of sp³-hybridized carbons (Fsp3) is 0.484. The van der Waals surface area contributed by atoms with Crippen molar-refractivity contribution in [3.63, 3.8) is 0 Å². The lowest BCUT2D eigenvalue weighted by Crippen LogP contribution is -2.50. The van der Waals surface area contributed by atoms with E-state index in [0.29, 0.717) is 11.3 Å². The molecule has 214 valence electrons. The fourth-order valence-electron chi connectivity index (χ4n) is 5.59. The molecule has 2 fully saturated rings. The molecular weight excluding hydrogens is 588 g/mol. The van der Waals surface area contributed by atoms with Crippen LogP contribution in [0.1, 0.15) is 48.3 Å². The van der Waals surface area contributed by atoms with Crippen LogP contribution in [0, 0.1) is 5.92 Å². The number of nitrogens with zero attached hydrogens (tertiary/aromatic N) is 2. The molecular formula is C31H39BrN4O3S. The van der Waals surface area contributed by atoms with Gasteiger partial charge in [0.15, 0.2) is 0 Å². The zero-order valence-electron chi connectivity index (χ0n) is 23.5. The Labute approximate surface area is 249 Å².